The molecular formula is C10H16F3NO. The minimum atomic E-state index is -4.74. The van der Waals surface area contributed by atoms with Gasteiger partial charge in [-0.1, -0.05) is 6.42 Å². The van der Waals surface area contributed by atoms with E-state index in [0.717, 1.165) is 24.2 Å². The Labute approximate surface area is 87.4 Å². The summed E-state index contributed by atoms with van der Waals surface area (Å²) in [5.41, 5.74) is 0. The molecule has 0 saturated heterocycles. The molecule has 0 bridgehead atoms. The third-order valence-corrected chi connectivity index (χ3v) is 3.17. The Morgan fingerprint density at radius 3 is 2.27 bits per heavy atom. The van der Waals surface area contributed by atoms with Gasteiger partial charge in [0, 0.05) is 12.6 Å². The van der Waals surface area contributed by atoms with Gasteiger partial charge in [0.25, 0.3) is 0 Å². The van der Waals surface area contributed by atoms with E-state index in [-0.39, 0.29) is 18.5 Å². The van der Waals surface area contributed by atoms with Gasteiger partial charge in [-0.15, -0.1) is 0 Å². The molecule has 0 aliphatic heterocycles. The zero-order valence-electron chi connectivity index (χ0n) is 8.97. The van der Waals surface area contributed by atoms with Gasteiger partial charge in [0.2, 0.25) is 0 Å². The third-order valence-electron chi connectivity index (χ3n) is 3.17. The lowest BCUT2D eigenvalue weighted by Crippen LogP contribution is -2.49. The highest BCUT2D eigenvalue weighted by Gasteiger charge is 2.44. The predicted molar refractivity (Wildman–Crippen MR) is 50.2 cm³/mol. The smallest absolute Gasteiger partial charge is 0.332 e. The molecule has 5 heteroatoms. The van der Waals surface area contributed by atoms with Crippen LogP contribution in [0.2, 0.25) is 0 Å². The number of carbonyl (C=O) groups is 1. The summed E-state index contributed by atoms with van der Waals surface area (Å²) in [6, 6.07) is -0.294. The highest BCUT2D eigenvalue weighted by atomic mass is 19.4. The van der Waals surface area contributed by atoms with Crippen LogP contribution >= 0.6 is 0 Å². The molecule has 0 spiro atoms. The van der Waals surface area contributed by atoms with Crippen LogP contribution in [0, 0.1) is 5.92 Å². The molecule has 0 aromatic heterocycles. The molecule has 0 N–H and O–H groups in total. The fraction of sp³-hybridized carbons (Fsp3) is 0.900. The van der Waals surface area contributed by atoms with E-state index in [1.807, 2.05) is 0 Å². The summed E-state index contributed by atoms with van der Waals surface area (Å²) in [6.07, 6.45) is -1.81. The second kappa shape index (κ2) is 4.41. The van der Waals surface area contributed by atoms with Gasteiger partial charge in [-0.05, 0) is 32.6 Å². The molecule has 0 radical (unpaired) electrons. The molecule has 1 saturated carbocycles. The minimum absolute atomic E-state index is 0.121. The Morgan fingerprint density at radius 2 is 2.00 bits per heavy atom. The Kier molecular flexibility index (Phi) is 3.62. The van der Waals surface area contributed by atoms with E-state index in [9.17, 15) is 18.0 Å². The van der Waals surface area contributed by atoms with Crippen molar-refractivity contribution >= 4 is 5.91 Å². The van der Waals surface area contributed by atoms with Crippen LogP contribution in [0.15, 0.2) is 0 Å². The van der Waals surface area contributed by atoms with Gasteiger partial charge in [-0.2, -0.15) is 13.2 Å². The summed E-state index contributed by atoms with van der Waals surface area (Å²) in [7, 11) is 0. The van der Waals surface area contributed by atoms with Crippen LogP contribution in [0.3, 0.4) is 0 Å². The first-order valence-electron chi connectivity index (χ1n) is 5.25. The maximum atomic E-state index is 12.2. The monoisotopic (exact) mass is 223 g/mol. The number of halogens is 3. The standard InChI is InChI=1S/C10H16F3NO/c1-3-14(9(15)10(11,12)13)7(2)8-5-4-6-8/h7-8H,3-6H2,1-2H3. The summed E-state index contributed by atoms with van der Waals surface area (Å²) in [5.74, 6) is -1.46. The first-order chi connectivity index (χ1) is 6.88. The van der Waals surface area contributed by atoms with Gasteiger partial charge in [0.15, 0.2) is 0 Å². The minimum Gasteiger partial charge on any atom is -0.332 e. The third kappa shape index (κ3) is 2.63. The van der Waals surface area contributed by atoms with Crippen molar-refractivity contribution < 1.29 is 18.0 Å². The van der Waals surface area contributed by atoms with Crippen molar-refractivity contribution in [3.05, 3.63) is 0 Å². The lowest BCUT2D eigenvalue weighted by atomic mass is 9.80. The van der Waals surface area contributed by atoms with Crippen LogP contribution in [0.25, 0.3) is 0 Å². The van der Waals surface area contributed by atoms with Crippen molar-refractivity contribution in [2.24, 2.45) is 5.92 Å². The second-order valence-electron chi connectivity index (χ2n) is 4.02. The van der Waals surface area contributed by atoms with Crippen LogP contribution in [0.4, 0.5) is 13.2 Å². The van der Waals surface area contributed by atoms with Crippen molar-refractivity contribution in [2.45, 2.75) is 45.3 Å². The molecule has 1 atom stereocenters. The van der Waals surface area contributed by atoms with Gasteiger partial charge in [-0.25, -0.2) is 0 Å². The van der Waals surface area contributed by atoms with Crippen LogP contribution in [-0.4, -0.2) is 29.6 Å². The number of alkyl halides is 3. The van der Waals surface area contributed by atoms with E-state index < -0.39 is 12.1 Å². The largest absolute Gasteiger partial charge is 0.471 e. The molecule has 0 aromatic carbocycles. The van der Waals surface area contributed by atoms with Gasteiger partial charge in [-0.3, -0.25) is 4.79 Å². The fourth-order valence-electron chi connectivity index (χ4n) is 1.96. The van der Waals surface area contributed by atoms with E-state index in [4.69, 9.17) is 0 Å². The second-order valence-corrected chi connectivity index (χ2v) is 4.02. The average molecular weight is 223 g/mol. The van der Waals surface area contributed by atoms with Gasteiger partial charge in [0.1, 0.15) is 0 Å². The van der Waals surface area contributed by atoms with Crippen molar-refractivity contribution in [3.8, 4) is 0 Å². The summed E-state index contributed by atoms with van der Waals surface area (Å²) in [4.78, 5) is 12.0. The zero-order chi connectivity index (χ0) is 11.6. The zero-order valence-corrected chi connectivity index (χ0v) is 8.97. The Balaban J connectivity index is 2.65. The molecule has 1 aliphatic carbocycles. The highest BCUT2D eigenvalue weighted by Crippen LogP contribution is 2.33. The van der Waals surface area contributed by atoms with Crippen LogP contribution < -0.4 is 0 Å². The molecule has 1 fully saturated rings. The van der Waals surface area contributed by atoms with E-state index in [0.29, 0.717) is 0 Å². The number of hydrogen-bond donors (Lipinski definition) is 0. The summed E-state index contributed by atoms with van der Waals surface area (Å²) in [5, 5.41) is 0. The number of nitrogens with zero attached hydrogens (tertiary/aromatic N) is 1. The Hall–Kier alpha value is -0.740. The highest BCUT2D eigenvalue weighted by molar-refractivity contribution is 5.82. The molecule has 0 aromatic rings. The van der Waals surface area contributed by atoms with E-state index in [2.05, 4.69) is 0 Å². The van der Waals surface area contributed by atoms with E-state index >= 15 is 0 Å². The van der Waals surface area contributed by atoms with Gasteiger partial charge >= 0.3 is 12.1 Å². The molecule has 1 aliphatic rings. The van der Waals surface area contributed by atoms with Crippen molar-refractivity contribution in [1.82, 2.24) is 4.90 Å². The molecule has 88 valence electrons. The van der Waals surface area contributed by atoms with Crippen molar-refractivity contribution in [3.63, 3.8) is 0 Å². The Morgan fingerprint density at radius 1 is 1.47 bits per heavy atom. The predicted octanol–water partition coefficient (Wildman–Crippen LogP) is 2.59. The number of carbonyl (C=O) groups excluding carboxylic acids is 1. The lowest BCUT2D eigenvalue weighted by Gasteiger charge is -2.38. The lowest BCUT2D eigenvalue weighted by molar-refractivity contribution is -0.188. The van der Waals surface area contributed by atoms with Crippen LogP contribution in [-0.2, 0) is 4.79 Å². The molecular weight excluding hydrogens is 207 g/mol. The molecule has 1 amide bonds. The number of rotatable bonds is 3. The Bertz CT molecular complexity index is 235. The molecule has 1 rings (SSSR count). The quantitative estimate of drug-likeness (QED) is 0.720. The normalized spacial score (nSPS) is 19.5. The molecule has 15 heavy (non-hydrogen) atoms. The summed E-state index contributed by atoms with van der Waals surface area (Å²) >= 11 is 0. The van der Waals surface area contributed by atoms with E-state index in [1.54, 1.807) is 13.8 Å². The maximum absolute atomic E-state index is 12.2. The number of hydrogen-bond acceptors (Lipinski definition) is 1. The maximum Gasteiger partial charge on any atom is 0.471 e. The van der Waals surface area contributed by atoms with Crippen molar-refractivity contribution in [1.29, 1.82) is 0 Å². The molecule has 1 unspecified atom stereocenters. The van der Waals surface area contributed by atoms with Crippen LogP contribution in [0.1, 0.15) is 33.1 Å². The van der Waals surface area contributed by atoms with Gasteiger partial charge < -0.3 is 4.90 Å². The first-order valence-corrected chi connectivity index (χ1v) is 5.25. The SMILES string of the molecule is CCN(C(=O)C(F)(F)F)C(C)C1CCC1. The van der Waals surface area contributed by atoms with E-state index in [1.165, 1.54) is 0 Å². The molecule has 2 nitrogen and oxygen atoms in total. The van der Waals surface area contributed by atoms with Gasteiger partial charge in [0.05, 0.1) is 0 Å². The van der Waals surface area contributed by atoms with Crippen LogP contribution in [0.5, 0.6) is 0 Å². The van der Waals surface area contributed by atoms with Crippen molar-refractivity contribution in [2.75, 3.05) is 6.54 Å². The summed E-state index contributed by atoms with van der Waals surface area (Å²) < 4.78 is 36.7. The number of amides is 1. The average Bonchev–Trinajstić information content (AvgIpc) is 2.00. The molecule has 0 heterocycles. The summed E-state index contributed by atoms with van der Waals surface area (Å²) in [6.45, 7) is 3.41. The topological polar surface area (TPSA) is 20.3 Å². The fourth-order valence-corrected chi connectivity index (χ4v) is 1.96. The first kappa shape index (κ1) is 12.3.